The van der Waals surface area contributed by atoms with Gasteiger partial charge in [0, 0.05) is 6.54 Å². The average molecular weight is 218 g/mol. The minimum atomic E-state index is -0.371. The van der Waals surface area contributed by atoms with Gasteiger partial charge in [-0.05, 0) is 31.9 Å². The van der Waals surface area contributed by atoms with Crippen molar-refractivity contribution in [2.75, 3.05) is 17.2 Å². The molecule has 1 aliphatic heterocycles. The highest BCUT2D eigenvalue weighted by Gasteiger charge is 2.31. The monoisotopic (exact) mass is 218 g/mol. The molecular weight excluding hydrogens is 200 g/mol. The average Bonchev–Trinajstić information content (AvgIpc) is 2.37. The fourth-order valence-corrected chi connectivity index (χ4v) is 1.89. The van der Waals surface area contributed by atoms with Crippen LogP contribution in [0.2, 0.25) is 0 Å². The Morgan fingerprint density at radius 1 is 1.38 bits per heavy atom. The van der Waals surface area contributed by atoms with Crippen LogP contribution in [0.5, 0.6) is 0 Å². The summed E-state index contributed by atoms with van der Waals surface area (Å²) >= 11 is 0. The van der Waals surface area contributed by atoms with E-state index in [4.69, 9.17) is 0 Å². The van der Waals surface area contributed by atoms with E-state index in [9.17, 15) is 4.79 Å². The molecule has 3 heteroatoms. The lowest BCUT2D eigenvalue weighted by atomic mass is 9.93. The number of fused-ring (bicyclic) bond motifs is 1. The summed E-state index contributed by atoms with van der Waals surface area (Å²) in [6, 6.07) is 6.02. The van der Waals surface area contributed by atoms with Crippen molar-refractivity contribution in [3.05, 3.63) is 23.8 Å². The van der Waals surface area contributed by atoms with Gasteiger partial charge in [0.1, 0.15) is 0 Å². The summed E-state index contributed by atoms with van der Waals surface area (Å²) in [5.41, 5.74) is 2.85. The van der Waals surface area contributed by atoms with Gasteiger partial charge >= 0.3 is 0 Å². The van der Waals surface area contributed by atoms with E-state index in [2.05, 4.69) is 23.6 Å². The first-order valence-electron chi connectivity index (χ1n) is 5.72. The molecule has 2 N–H and O–H groups in total. The minimum absolute atomic E-state index is 0.0759. The second-order valence-electron chi connectivity index (χ2n) is 4.88. The number of aryl methyl sites for hydroxylation is 1. The molecule has 1 heterocycles. The van der Waals surface area contributed by atoms with Crippen LogP contribution in [0, 0.1) is 5.41 Å². The van der Waals surface area contributed by atoms with E-state index < -0.39 is 0 Å². The zero-order valence-corrected chi connectivity index (χ0v) is 10.1. The smallest absolute Gasteiger partial charge is 0.231 e. The van der Waals surface area contributed by atoms with E-state index in [0.29, 0.717) is 6.54 Å². The normalized spacial score (nSPS) is 18.1. The lowest BCUT2D eigenvalue weighted by Crippen LogP contribution is -2.34. The van der Waals surface area contributed by atoms with Gasteiger partial charge in [-0.15, -0.1) is 0 Å². The van der Waals surface area contributed by atoms with Gasteiger partial charge in [0.05, 0.1) is 16.8 Å². The first kappa shape index (κ1) is 11.0. The maximum absolute atomic E-state index is 11.9. The van der Waals surface area contributed by atoms with Crippen molar-refractivity contribution in [2.45, 2.75) is 27.2 Å². The van der Waals surface area contributed by atoms with E-state index in [1.165, 1.54) is 5.56 Å². The maximum Gasteiger partial charge on any atom is 0.231 e. The molecule has 16 heavy (non-hydrogen) atoms. The fourth-order valence-electron chi connectivity index (χ4n) is 1.89. The predicted molar refractivity (Wildman–Crippen MR) is 66.7 cm³/mol. The highest BCUT2D eigenvalue weighted by Crippen LogP contribution is 2.32. The van der Waals surface area contributed by atoms with Gasteiger partial charge in [0.2, 0.25) is 5.91 Å². The van der Waals surface area contributed by atoms with E-state index in [1.54, 1.807) is 0 Å². The van der Waals surface area contributed by atoms with Gasteiger partial charge in [0.25, 0.3) is 0 Å². The summed E-state index contributed by atoms with van der Waals surface area (Å²) in [4.78, 5) is 11.9. The van der Waals surface area contributed by atoms with Gasteiger partial charge in [-0.1, -0.05) is 19.1 Å². The van der Waals surface area contributed by atoms with Crippen LogP contribution >= 0.6 is 0 Å². The van der Waals surface area contributed by atoms with Gasteiger partial charge in [0.15, 0.2) is 0 Å². The highest BCUT2D eigenvalue weighted by atomic mass is 16.2. The SMILES string of the molecule is CCc1cccc2c1NCC(C)(C)C(=O)N2. The third-order valence-electron chi connectivity index (χ3n) is 3.10. The van der Waals surface area contributed by atoms with Crippen molar-refractivity contribution in [1.29, 1.82) is 0 Å². The minimum Gasteiger partial charge on any atom is -0.382 e. The Labute approximate surface area is 96.2 Å². The molecule has 1 amide bonds. The number of para-hydroxylation sites is 1. The standard InChI is InChI=1S/C13H18N2O/c1-4-9-6-5-7-10-11(9)14-8-13(2,3)12(16)15-10/h5-7,14H,4,8H2,1-3H3,(H,15,16). The Hall–Kier alpha value is -1.51. The third kappa shape index (κ3) is 1.77. The fraction of sp³-hybridized carbons (Fsp3) is 0.462. The summed E-state index contributed by atoms with van der Waals surface area (Å²) in [7, 11) is 0. The zero-order chi connectivity index (χ0) is 11.8. The second-order valence-corrected chi connectivity index (χ2v) is 4.88. The number of nitrogens with one attached hydrogen (secondary N) is 2. The van der Waals surface area contributed by atoms with Crippen LogP contribution in [0.3, 0.4) is 0 Å². The molecule has 1 aromatic carbocycles. The summed E-state index contributed by atoms with van der Waals surface area (Å²) in [6.07, 6.45) is 0.965. The molecule has 0 spiro atoms. The number of benzene rings is 1. The van der Waals surface area contributed by atoms with Crippen molar-refractivity contribution in [1.82, 2.24) is 0 Å². The molecule has 1 aromatic rings. The van der Waals surface area contributed by atoms with Crippen LogP contribution in [0.15, 0.2) is 18.2 Å². The molecule has 0 fully saturated rings. The summed E-state index contributed by atoms with van der Waals surface area (Å²) in [5, 5.41) is 6.37. The van der Waals surface area contributed by atoms with Crippen molar-refractivity contribution in [2.24, 2.45) is 5.41 Å². The van der Waals surface area contributed by atoms with Crippen molar-refractivity contribution < 1.29 is 4.79 Å². The Bertz CT molecular complexity index is 424. The van der Waals surface area contributed by atoms with Crippen LogP contribution in [0.25, 0.3) is 0 Å². The number of anilines is 2. The van der Waals surface area contributed by atoms with E-state index in [-0.39, 0.29) is 11.3 Å². The lowest BCUT2D eigenvalue weighted by molar-refractivity contribution is -0.123. The summed E-state index contributed by atoms with van der Waals surface area (Å²) < 4.78 is 0. The molecule has 0 atom stereocenters. The Kier molecular flexibility index (Phi) is 2.62. The molecule has 0 aliphatic carbocycles. The van der Waals surface area contributed by atoms with Crippen molar-refractivity contribution in [3.8, 4) is 0 Å². The number of amides is 1. The summed E-state index contributed by atoms with van der Waals surface area (Å²) in [6.45, 7) is 6.69. The van der Waals surface area contributed by atoms with Crippen LogP contribution in [-0.2, 0) is 11.2 Å². The van der Waals surface area contributed by atoms with Crippen LogP contribution in [-0.4, -0.2) is 12.5 Å². The Morgan fingerprint density at radius 2 is 2.12 bits per heavy atom. The van der Waals surface area contributed by atoms with Crippen molar-refractivity contribution in [3.63, 3.8) is 0 Å². The van der Waals surface area contributed by atoms with Gasteiger partial charge < -0.3 is 10.6 Å². The van der Waals surface area contributed by atoms with E-state index >= 15 is 0 Å². The zero-order valence-electron chi connectivity index (χ0n) is 10.1. The molecular formula is C13H18N2O. The molecule has 3 nitrogen and oxygen atoms in total. The quantitative estimate of drug-likeness (QED) is 0.760. The Balaban J connectivity index is 2.44. The largest absolute Gasteiger partial charge is 0.382 e. The number of hydrogen-bond acceptors (Lipinski definition) is 2. The summed E-state index contributed by atoms with van der Waals surface area (Å²) in [5.74, 6) is 0.0759. The van der Waals surface area contributed by atoms with E-state index in [1.807, 2.05) is 26.0 Å². The molecule has 0 radical (unpaired) electrons. The van der Waals surface area contributed by atoms with Crippen LogP contribution in [0.1, 0.15) is 26.3 Å². The second kappa shape index (κ2) is 3.81. The molecule has 0 aromatic heterocycles. The topological polar surface area (TPSA) is 41.1 Å². The third-order valence-corrected chi connectivity index (χ3v) is 3.10. The number of hydrogen-bond donors (Lipinski definition) is 2. The highest BCUT2D eigenvalue weighted by molar-refractivity contribution is 5.99. The molecule has 0 saturated carbocycles. The van der Waals surface area contributed by atoms with Crippen LogP contribution in [0.4, 0.5) is 11.4 Å². The van der Waals surface area contributed by atoms with Gasteiger partial charge in [-0.3, -0.25) is 4.79 Å². The van der Waals surface area contributed by atoms with Gasteiger partial charge in [-0.2, -0.15) is 0 Å². The molecule has 2 rings (SSSR count). The van der Waals surface area contributed by atoms with Crippen molar-refractivity contribution >= 4 is 17.3 Å². The van der Waals surface area contributed by atoms with Gasteiger partial charge in [-0.25, -0.2) is 0 Å². The number of carbonyl (C=O) groups is 1. The number of carbonyl (C=O) groups excluding carboxylic acids is 1. The molecule has 0 saturated heterocycles. The van der Waals surface area contributed by atoms with Crippen LogP contribution < -0.4 is 10.6 Å². The predicted octanol–water partition coefficient (Wildman–Crippen LogP) is 2.64. The first-order chi connectivity index (χ1) is 7.54. The van der Waals surface area contributed by atoms with E-state index in [0.717, 1.165) is 17.8 Å². The maximum atomic E-state index is 11.9. The molecule has 0 unspecified atom stereocenters. The molecule has 1 aliphatic rings. The number of rotatable bonds is 1. The lowest BCUT2D eigenvalue weighted by Gasteiger charge is -2.19. The molecule has 0 bridgehead atoms. The Morgan fingerprint density at radius 3 is 2.81 bits per heavy atom. The molecule has 86 valence electrons. The first-order valence-corrected chi connectivity index (χ1v) is 5.72.